The third-order valence-electron chi connectivity index (χ3n) is 6.10. The van der Waals surface area contributed by atoms with Crippen molar-refractivity contribution in [1.82, 2.24) is 9.97 Å². The number of halogens is 2. The number of fused-ring (bicyclic) bond motifs is 2. The number of benzene rings is 3. The maximum atomic E-state index is 16.2. The van der Waals surface area contributed by atoms with E-state index in [2.05, 4.69) is 14.9 Å². The highest BCUT2D eigenvalue weighted by atomic mass is 35.5. The Balaban J connectivity index is 1.79. The highest BCUT2D eigenvalue weighted by Gasteiger charge is 2.25. The van der Waals surface area contributed by atoms with E-state index in [1.54, 1.807) is 19.1 Å². The fourth-order valence-corrected chi connectivity index (χ4v) is 4.80. The van der Waals surface area contributed by atoms with Crippen molar-refractivity contribution in [3.8, 4) is 22.9 Å². The smallest absolute Gasteiger partial charge is 0.319 e. The van der Waals surface area contributed by atoms with Crippen LogP contribution < -0.4 is 9.64 Å². The van der Waals surface area contributed by atoms with Gasteiger partial charge in [0, 0.05) is 24.0 Å². The first-order valence-corrected chi connectivity index (χ1v) is 11.6. The molecule has 5 rings (SSSR count). The van der Waals surface area contributed by atoms with Crippen LogP contribution in [-0.4, -0.2) is 40.6 Å². The fraction of sp³-hybridized carbons (Fsp3) is 0.269. The van der Waals surface area contributed by atoms with Crippen molar-refractivity contribution >= 4 is 45.4 Å². The van der Waals surface area contributed by atoms with E-state index in [4.69, 9.17) is 16.3 Å². The lowest BCUT2D eigenvalue weighted by Crippen LogP contribution is -2.30. The molecule has 0 bridgehead atoms. The van der Waals surface area contributed by atoms with E-state index in [-0.39, 0.29) is 27.9 Å². The van der Waals surface area contributed by atoms with Crippen molar-refractivity contribution in [3.05, 3.63) is 53.3 Å². The molecule has 0 radical (unpaired) electrons. The van der Waals surface area contributed by atoms with Crippen LogP contribution in [0.4, 0.5) is 10.2 Å². The van der Waals surface area contributed by atoms with Crippen molar-refractivity contribution in [2.75, 3.05) is 18.0 Å². The van der Waals surface area contributed by atoms with Gasteiger partial charge in [0.15, 0.2) is 18.2 Å². The lowest BCUT2D eigenvalue weighted by Gasteiger charge is -2.29. The van der Waals surface area contributed by atoms with Gasteiger partial charge in [-0.1, -0.05) is 35.9 Å². The van der Waals surface area contributed by atoms with Crippen LogP contribution in [0.2, 0.25) is 5.02 Å². The lowest BCUT2D eigenvalue weighted by atomic mass is 9.96. The summed E-state index contributed by atoms with van der Waals surface area (Å²) in [5, 5.41) is 12.5. The van der Waals surface area contributed by atoms with Crippen LogP contribution in [0.15, 0.2) is 42.5 Å². The second-order valence-electron chi connectivity index (χ2n) is 8.49. The molecule has 1 saturated heterocycles. The highest BCUT2D eigenvalue weighted by Crippen LogP contribution is 2.42. The van der Waals surface area contributed by atoms with Crippen molar-refractivity contribution < 1.29 is 19.0 Å². The first-order valence-electron chi connectivity index (χ1n) is 11.2. The molecule has 0 amide bonds. The van der Waals surface area contributed by atoms with Gasteiger partial charge in [0.25, 0.3) is 0 Å². The molecular formula is C26H23ClFN3O3. The molecule has 1 N–H and O–H groups in total. The maximum absolute atomic E-state index is 16.2. The Labute approximate surface area is 201 Å². The zero-order valence-electron chi connectivity index (χ0n) is 18.6. The minimum atomic E-state index is -0.781. The average molecular weight is 480 g/mol. The van der Waals surface area contributed by atoms with E-state index in [9.17, 15) is 9.90 Å². The quantitative estimate of drug-likeness (QED) is 0.359. The molecule has 1 fully saturated rings. The molecule has 3 aromatic carbocycles. The number of aromatic nitrogens is 2. The van der Waals surface area contributed by atoms with E-state index in [1.807, 2.05) is 24.3 Å². The van der Waals surface area contributed by atoms with Gasteiger partial charge in [0.1, 0.15) is 17.1 Å². The molecule has 0 aliphatic carbocycles. The summed E-state index contributed by atoms with van der Waals surface area (Å²) in [6, 6.07) is 12.1. The summed E-state index contributed by atoms with van der Waals surface area (Å²) in [5.41, 5.74) is 0.649. The minimum absolute atomic E-state index is 0.00443. The Kier molecular flexibility index (Phi) is 5.96. The zero-order valence-corrected chi connectivity index (χ0v) is 19.3. The van der Waals surface area contributed by atoms with Crippen molar-refractivity contribution in [2.24, 2.45) is 0 Å². The van der Waals surface area contributed by atoms with Crippen LogP contribution in [0.25, 0.3) is 32.8 Å². The summed E-state index contributed by atoms with van der Waals surface area (Å²) in [6.45, 7) is 3.11. The number of carbonyl (C=O) groups is 1. The maximum Gasteiger partial charge on any atom is 0.319 e. The molecule has 0 spiro atoms. The van der Waals surface area contributed by atoms with Gasteiger partial charge in [0.2, 0.25) is 0 Å². The second kappa shape index (κ2) is 9.06. The number of phenolic OH excluding ortho intramolecular Hbond substituents is 1. The molecule has 174 valence electrons. The molecule has 1 aliphatic rings. The number of rotatable bonds is 5. The topological polar surface area (TPSA) is 75.5 Å². The number of nitrogens with zero attached hydrogens (tertiary/aromatic N) is 3. The monoisotopic (exact) mass is 479 g/mol. The van der Waals surface area contributed by atoms with E-state index < -0.39 is 11.9 Å². The van der Waals surface area contributed by atoms with E-state index in [1.165, 1.54) is 6.07 Å². The summed E-state index contributed by atoms with van der Waals surface area (Å²) in [7, 11) is 0. The van der Waals surface area contributed by atoms with Gasteiger partial charge in [-0.15, -0.1) is 0 Å². The van der Waals surface area contributed by atoms with Gasteiger partial charge in [-0.3, -0.25) is 4.79 Å². The summed E-state index contributed by atoms with van der Waals surface area (Å²) < 4.78 is 21.8. The first-order chi connectivity index (χ1) is 16.5. The van der Waals surface area contributed by atoms with Gasteiger partial charge < -0.3 is 14.7 Å². The normalized spacial score (nSPS) is 15.0. The molecule has 2 heterocycles. The second-order valence-corrected chi connectivity index (χ2v) is 8.90. The SMILES string of the molecule is C[C@H](C=O)Oc1nc(N2CCCCC2)c2cc(Cl)c(-c3cc(O)cc4ccccc34)c(F)c2n1. The Bertz CT molecular complexity index is 1410. The summed E-state index contributed by atoms with van der Waals surface area (Å²) in [4.78, 5) is 22.1. The van der Waals surface area contributed by atoms with Crippen LogP contribution in [0, 0.1) is 5.82 Å². The van der Waals surface area contributed by atoms with E-state index in [0.717, 1.165) is 43.1 Å². The molecule has 6 nitrogen and oxygen atoms in total. The lowest BCUT2D eigenvalue weighted by molar-refractivity contribution is -0.113. The number of anilines is 1. The van der Waals surface area contributed by atoms with Crippen molar-refractivity contribution in [3.63, 3.8) is 0 Å². The molecule has 4 aromatic rings. The molecule has 0 saturated carbocycles. The Hall–Kier alpha value is -3.45. The van der Waals surface area contributed by atoms with E-state index >= 15 is 4.39 Å². The van der Waals surface area contributed by atoms with Crippen molar-refractivity contribution in [1.29, 1.82) is 0 Å². The molecule has 8 heteroatoms. The van der Waals surface area contributed by atoms with Crippen LogP contribution in [0.5, 0.6) is 11.8 Å². The number of hydrogen-bond acceptors (Lipinski definition) is 6. The molecular weight excluding hydrogens is 457 g/mol. The molecule has 0 unspecified atom stereocenters. The first kappa shape index (κ1) is 22.3. The predicted octanol–water partition coefficient (Wildman–Crippen LogP) is 5.90. The summed E-state index contributed by atoms with van der Waals surface area (Å²) in [5.74, 6) is -0.0989. The van der Waals surface area contributed by atoms with Gasteiger partial charge in [-0.25, -0.2) is 4.39 Å². The van der Waals surface area contributed by atoms with Gasteiger partial charge in [-0.05, 0) is 60.7 Å². The molecule has 1 atom stereocenters. The minimum Gasteiger partial charge on any atom is -0.508 e. The number of phenols is 1. The Morgan fingerprint density at radius 1 is 1.12 bits per heavy atom. The third-order valence-corrected chi connectivity index (χ3v) is 6.39. The van der Waals surface area contributed by atoms with Crippen LogP contribution in [0.1, 0.15) is 26.2 Å². The highest BCUT2D eigenvalue weighted by molar-refractivity contribution is 6.35. The number of carbonyl (C=O) groups excluding carboxylic acids is 1. The number of aromatic hydroxyl groups is 1. The van der Waals surface area contributed by atoms with Crippen LogP contribution >= 0.6 is 11.6 Å². The number of ether oxygens (including phenoxy) is 1. The fourth-order valence-electron chi connectivity index (χ4n) is 4.50. The van der Waals surface area contributed by atoms with Crippen molar-refractivity contribution in [2.45, 2.75) is 32.3 Å². The van der Waals surface area contributed by atoms with E-state index in [0.29, 0.717) is 23.1 Å². The van der Waals surface area contributed by atoms with Crippen LogP contribution in [0.3, 0.4) is 0 Å². The zero-order chi connectivity index (χ0) is 23.8. The summed E-state index contributed by atoms with van der Waals surface area (Å²) in [6.07, 6.45) is 2.97. The van der Waals surface area contributed by atoms with Gasteiger partial charge >= 0.3 is 6.01 Å². The number of piperidine rings is 1. The predicted molar refractivity (Wildman–Crippen MR) is 131 cm³/mol. The summed E-state index contributed by atoms with van der Waals surface area (Å²) >= 11 is 6.68. The Morgan fingerprint density at radius 2 is 1.88 bits per heavy atom. The van der Waals surface area contributed by atoms with Gasteiger partial charge in [0.05, 0.1) is 5.02 Å². The van der Waals surface area contributed by atoms with Crippen LogP contribution in [-0.2, 0) is 4.79 Å². The largest absolute Gasteiger partial charge is 0.508 e. The molecule has 34 heavy (non-hydrogen) atoms. The molecule has 1 aromatic heterocycles. The van der Waals surface area contributed by atoms with Gasteiger partial charge in [-0.2, -0.15) is 9.97 Å². The third kappa shape index (κ3) is 4.01. The standard InChI is InChI=1S/C26H23ClFN3O3/c1-15(14-32)34-26-29-24-20(25(30-26)31-9-5-2-6-10-31)13-21(27)22(23(24)28)19-12-17(33)11-16-7-3-4-8-18(16)19/h3-4,7-8,11-15,33H,2,5-6,9-10H2,1H3/t15-/m1/s1. The molecule has 1 aliphatic heterocycles. The Morgan fingerprint density at radius 3 is 2.65 bits per heavy atom. The average Bonchev–Trinajstić information content (AvgIpc) is 2.84. The number of hydrogen-bond donors (Lipinski definition) is 1. The number of aldehydes is 1.